The molecule has 0 aliphatic heterocycles. The molecule has 0 radical (unpaired) electrons. The molecular formula is C25H44ClNO7. The van der Waals surface area contributed by atoms with Crippen LogP contribution in [0.1, 0.15) is 76.2 Å². The SMILES string of the molecule is CCCCCCl.Cc1ccc(O)c2c1CC(CC(CCO)C(CO)C(=O)CC(N)=O)CC2=O.O.[HH].[HH]. The molecule has 1 aromatic rings. The quantitative estimate of drug-likeness (QED) is 0.193. The number of Topliss-reactive ketones (excluding diaryl/α,β-unsaturated/α-hetero) is 2. The number of alkyl halides is 1. The number of nitrogens with two attached hydrogens (primary N) is 1. The number of amides is 1. The maximum Gasteiger partial charge on any atom is 0.224 e. The van der Waals surface area contributed by atoms with E-state index in [1.54, 1.807) is 6.07 Å². The van der Waals surface area contributed by atoms with Gasteiger partial charge in [-0.2, -0.15) is 0 Å². The summed E-state index contributed by atoms with van der Waals surface area (Å²) in [5, 5.41) is 29.1. The van der Waals surface area contributed by atoms with Crippen molar-refractivity contribution in [2.75, 3.05) is 19.1 Å². The average molecular weight is 506 g/mol. The molecule has 7 N–H and O–H groups in total. The fraction of sp³-hybridized carbons (Fsp3) is 0.640. The summed E-state index contributed by atoms with van der Waals surface area (Å²) in [4.78, 5) is 35.9. The maximum absolute atomic E-state index is 12.5. The lowest BCUT2D eigenvalue weighted by molar-refractivity contribution is -0.131. The van der Waals surface area contributed by atoms with E-state index in [-0.39, 0.29) is 51.1 Å². The predicted molar refractivity (Wildman–Crippen MR) is 136 cm³/mol. The second-order valence-corrected chi connectivity index (χ2v) is 9.13. The molecule has 198 valence electrons. The molecule has 8 nitrogen and oxygen atoms in total. The van der Waals surface area contributed by atoms with Crippen LogP contribution in [0.4, 0.5) is 0 Å². The number of phenols is 1. The molecule has 3 atom stereocenters. The number of primary amides is 1. The molecule has 1 aromatic carbocycles. The number of carbonyl (C=O) groups excluding carboxylic acids is 3. The van der Waals surface area contributed by atoms with Gasteiger partial charge in [-0.05, 0) is 61.6 Å². The van der Waals surface area contributed by atoms with Crippen molar-refractivity contribution < 1.29 is 38.0 Å². The summed E-state index contributed by atoms with van der Waals surface area (Å²) in [7, 11) is 0. The Morgan fingerprint density at radius 2 is 1.91 bits per heavy atom. The molecular weight excluding hydrogens is 462 g/mol. The summed E-state index contributed by atoms with van der Waals surface area (Å²) in [5.74, 6) is -1.76. The lowest BCUT2D eigenvalue weighted by atomic mass is 9.73. The van der Waals surface area contributed by atoms with E-state index in [9.17, 15) is 29.7 Å². The van der Waals surface area contributed by atoms with Gasteiger partial charge in [0, 0.05) is 27.7 Å². The smallest absolute Gasteiger partial charge is 0.224 e. The van der Waals surface area contributed by atoms with Gasteiger partial charge in [0.2, 0.25) is 5.91 Å². The summed E-state index contributed by atoms with van der Waals surface area (Å²) >= 11 is 5.38. The van der Waals surface area contributed by atoms with Gasteiger partial charge in [-0.25, -0.2) is 0 Å². The van der Waals surface area contributed by atoms with E-state index in [4.69, 9.17) is 17.3 Å². The van der Waals surface area contributed by atoms with Gasteiger partial charge in [-0.15, -0.1) is 11.6 Å². The van der Waals surface area contributed by atoms with E-state index >= 15 is 0 Å². The molecule has 3 unspecified atom stereocenters. The van der Waals surface area contributed by atoms with E-state index in [2.05, 4.69) is 6.92 Å². The van der Waals surface area contributed by atoms with E-state index in [0.717, 1.165) is 17.0 Å². The first kappa shape index (κ1) is 32.0. The Hall–Kier alpha value is -2.00. The molecule has 1 aliphatic rings. The Balaban J connectivity index is -0.00000108. The van der Waals surface area contributed by atoms with Crippen molar-refractivity contribution in [1.29, 1.82) is 0 Å². The number of hydrogen-bond acceptors (Lipinski definition) is 6. The van der Waals surface area contributed by atoms with Crippen LogP contribution >= 0.6 is 11.6 Å². The van der Waals surface area contributed by atoms with Crippen molar-refractivity contribution in [3.05, 3.63) is 28.8 Å². The first-order chi connectivity index (χ1) is 15.7. The summed E-state index contributed by atoms with van der Waals surface area (Å²) in [6.07, 6.45) is 4.82. The third kappa shape index (κ3) is 9.70. The molecule has 9 heteroatoms. The van der Waals surface area contributed by atoms with Crippen molar-refractivity contribution in [1.82, 2.24) is 0 Å². The number of hydrogen-bond donors (Lipinski definition) is 4. The third-order valence-corrected chi connectivity index (χ3v) is 6.44. The Kier molecular flexibility index (Phi) is 15.6. The first-order valence-electron chi connectivity index (χ1n) is 11.6. The second kappa shape index (κ2) is 16.6. The number of ketones is 2. The highest BCUT2D eigenvalue weighted by atomic mass is 35.5. The summed E-state index contributed by atoms with van der Waals surface area (Å²) in [6, 6.07) is 3.28. The van der Waals surface area contributed by atoms with Crippen molar-refractivity contribution in [2.24, 2.45) is 23.5 Å². The molecule has 1 amide bonds. The Morgan fingerprint density at radius 1 is 1.24 bits per heavy atom. The van der Waals surface area contributed by atoms with Crippen LogP contribution in [0.5, 0.6) is 5.75 Å². The minimum Gasteiger partial charge on any atom is -0.507 e. The number of unbranched alkanes of at least 4 members (excludes halogenated alkanes) is 2. The Labute approximate surface area is 209 Å². The largest absolute Gasteiger partial charge is 0.507 e. The maximum atomic E-state index is 12.5. The normalized spacial score (nSPS) is 16.4. The zero-order valence-electron chi connectivity index (χ0n) is 20.2. The van der Waals surface area contributed by atoms with Crippen LogP contribution in [0.25, 0.3) is 0 Å². The van der Waals surface area contributed by atoms with E-state index in [1.165, 1.54) is 25.3 Å². The zero-order valence-corrected chi connectivity index (χ0v) is 20.9. The molecule has 0 heterocycles. The van der Waals surface area contributed by atoms with Crippen LogP contribution in [0.2, 0.25) is 0 Å². The van der Waals surface area contributed by atoms with Gasteiger partial charge in [0.05, 0.1) is 18.6 Å². The number of aliphatic hydroxyl groups excluding tert-OH is 2. The molecule has 34 heavy (non-hydrogen) atoms. The van der Waals surface area contributed by atoms with Crippen molar-refractivity contribution in [3.63, 3.8) is 0 Å². The highest BCUT2D eigenvalue weighted by Gasteiger charge is 2.34. The van der Waals surface area contributed by atoms with Gasteiger partial charge >= 0.3 is 0 Å². The standard InChI is InChI=1S/C20H27NO6.C5H11Cl.H2O.2H2/c1-11-2-3-16(24)20-14(11)7-12(8-18(20)26)6-13(4-5-22)15(10-23)17(25)9-19(21)27;1-2-3-4-5-6;;;/h2-3,12-13,15,22-24H,4-10H2,1H3,(H2,21,27);2-5H2,1H3;1H2;2*1H. The van der Waals surface area contributed by atoms with Crippen LogP contribution in [-0.2, 0) is 16.0 Å². The van der Waals surface area contributed by atoms with Gasteiger partial charge in [0.15, 0.2) is 5.78 Å². The number of aryl methyl sites for hydroxylation is 1. The van der Waals surface area contributed by atoms with Gasteiger partial charge in [0.25, 0.3) is 0 Å². The lowest BCUT2D eigenvalue weighted by Crippen LogP contribution is -2.33. The number of benzene rings is 1. The topological polar surface area (TPSA) is 169 Å². The molecule has 0 bridgehead atoms. The number of phenolic OH excluding ortho intramolecular Hbond substituents is 1. The minimum absolute atomic E-state index is 0. The van der Waals surface area contributed by atoms with Crippen LogP contribution in [0, 0.1) is 24.7 Å². The molecule has 0 saturated heterocycles. The second-order valence-electron chi connectivity index (χ2n) is 8.76. The molecule has 0 fully saturated rings. The summed E-state index contributed by atoms with van der Waals surface area (Å²) in [6.45, 7) is 3.45. The summed E-state index contributed by atoms with van der Waals surface area (Å²) < 4.78 is 0. The van der Waals surface area contributed by atoms with Gasteiger partial charge < -0.3 is 26.5 Å². The highest BCUT2D eigenvalue weighted by Crippen LogP contribution is 2.37. The number of carbonyl (C=O) groups is 3. The zero-order chi connectivity index (χ0) is 25.0. The van der Waals surface area contributed by atoms with Crippen molar-refractivity contribution in [3.8, 4) is 5.75 Å². The third-order valence-electron chi connectivity index (χ3n) is 6.17. The van der Waals surface area contributed by atoms with Gasteiger partial charge in [0.1, 0.15) is 11.5 Å². The van der Waals surface area contributed by atoms with Crippen LogP contribution < -0.4 is 5.73 Å². The van der Waals surface area contributed by atoms with Crippen molar-refractivity contribution in [2.45, 2.75) is 65.2 Å². The fourth-order valence-corrected chi connectivity index (χ4v) is 4.63. The Morgan fingerprint density at radius 3 is 2.41 bits per heavy atom. The number of fused-ring (bicyclic) bond motifs is 1. The van der Waals surface area contributed by atoms with E-state index in [0.29, 0.717) is 18.4 Å². The van der Waals surface area contributed by atoms with Crippen LogP contribution in [-0.4, -0.2) is 57.4 Å². The number of rotatable bonds is 12. The number of aromatic hydroxyl groups is 1. The highest BCUT2D eigenvalue weighted by molar-refractivity contribution is 6.17. The monoisotopic (exact) mass is 505 g/mol. The Bertz CT molecular complexity index is 807. The molecule has 0 aromatic heterocycles. The predicted octanol–water partition coefficient (Wildman–Crippen LogP) is 2.97. The average Bonchev–Trinajstić information content (AvgIpc) is 2.75. The number of aliphatic hydroxyl groups is 2. The van der Waals surface area contributed by atoms with E-state index in [1.807, 2.05) is 6.92 Å². The number of halogens is 1. The molecule has 1 aliphatic carbocycles. The van der Waals surface area contributed by atoms with E-state index < -0.39 is 30.6 Å². The first-order valence-corrected chi connectivity index (χ1v) is 12.2. The van der Waals surface area contributed by atoms with Gasteiger partial charge in [-0.1, -0.05) is 25.8 Å². The van der Waals surface area contributed by atoms with Crippen LogP contribution in [0.15, 0.2) is 12.1 Å². The summed E-state index contributed by atoms with van der Waals surface area (Å²) in [5.41, 5.74) is 7.18. The fourth-order valence-electron chi connectivity index (χ4n) is 4.44. The lowest BCUT2D eigenvalue weighted by Gasteiger charge is -2.31. The molecule has 0 spiro atoms. The van der Waals surface area contributed by atoms with Gasteiger partial charge in [-0.3, -0.25) is 14.4 Å². The minimum atomic E-state index is -0.800. The molecule has 0 saturated carbocycles. The van der Waals surface area contributed by atoms with Crippen LogP contribution in [0.3, 0.4) is 0 Å². The van der Waals surface area contributed by atoms with Crippen molar-refractivity contribution >= 4 is 29.1 Å². The molecule has 2 rings (SSSR count).